The molecule has 1 aromatic rings. The molecule has 1 atom stereocenters. The molecule has 1 aromatic carbocycles. The van der Waals surface area contributed by atoms with Crippen LogP contribution in [0, 0.1) is 0 Å². The molecule has 0 spiro atoms. The van der Waals surface area contributed by atoms with Crippen LogP contribution in [-0.2, 0) is 17.9 Å². The molecular formula is C15H17ClN2O3. The van der Waals surface area contributed by atoms with E-state index in [4.69, 9.17) is 11.6 Å². The third kappa shape index (κ3) is 2.46. The van der Waals surface area contributed by atoms with Gasteiger partial charge < -0.3 is 14.9 Å². The van der Waals surface area contributed by atoms with E-state index in [9.17, 15) is 14.7 Å². The highest BCUT2D eigenvalue weighted by Gasteiger charge is 2.34. The molecule has 2 heterocycles. The second kappa shape index (κ2) is 5.22. The Labute approximate surface area is 128 Å². The fourth-order valence-corrected chi connectivity index (χ4v) is 3.59. The molecule has 2 aliphatic rings. The first-order chi connectivity index (χ1) is 9.97. The van der Waals surface area contributed by atoms with Gasteiger partial charge in [0.15, 0.2) is 0 Å². The Morgan fingerprint density at radius 3 is 2.76 bits per heavy atom. The number of hydrogen-bond donors (Lipinski definition) is 1. The van der Waals surface area contributed by atoms with Crippen molar-refractivity contribution >= 4 is 23.6 Å². The SMILES string of the molecule is CC(=O)N1Cc2cc(Cl)cc(C3CCCN3C(=O)O)c2C1. The summed E-state index contributed by atoms with van der Waals surface area (Å²) in [6.07, 6.45) is 0.765. The second-order valence-electron chi connectivity index (χ2n) is 5.64. The zero-order chi connectivity index (χ0) is 15.1. The molecule has 1 N–H and O–H groups in total. The predicted molar refractivity (Wildman–Crippen MR) is 78.1 cm³/mol. The Hall–Kier alpha value is -1.75. The number of carboxylic acid groups (broad SMARTS) is 1. The topological polar surface area (TPSA) is 60.9 Å². The van der Waals surface area contributed by atoms with Crippen LogP contribution in [0.1, 0.15) is 42.5 Å². The van der Waals surface area contributed by atoms with Crippen molar-refractivity contribution in [1.29, 1.82) is 0 Å². The van der Waals surface area contributed by atoms with Gasteiger partial charge in [0.25, 0.3) is 0 Å². The van der Waals surface area contributed by atoms with Gasteiger partial charge in [-0.25, -0.2) is 4.79 Å². The lowest BCUT2D eigenvalue weighted by Gasteiger charge is -2.24. The van der Waals surface area contributed by atoms with Gasteiger partial charge >= 0.3 is 6.09 Å². The maximum atomic E-state index is 11.6. The molecule has 0 aromatic heterocycles. The second-order valence-corrected chi connectivity index (χ2v) is 6.08. The van der Waals surface area contributed by atoms with Gasteiger partial charge in [-0.05, 0) is 41.7 Å². The van der Waals surface area contributed by atoms with Crippen molar-refractivity contribution in [1.82, 2.24) is 9.80 Å². The molecule has 1 fully saturated rings. The number of rotatable bonds is 1. The zero-order valence-corrected chi connectivity index (χ0v) is 12.6. The zero-order valence-electron chi connectivity index (χ0n) is 11.8. The van der Waals surface area contributed by atoms with Crippen molar-refractivity contribution < 1.29 is 14.7 Å². The monoisotopic (exact) mass is 308 g/mol. The van der Waals surface area contributed by atoms with Crippen LogP contribution in [0.2, 0.25) is 5.02 Å². The van der Waals surface area contributed by atoms with E-state index in [1.54, 1.807) is 11.8 Å². The van der Waals surface area contributed by atoms with E-state index in [2.05, 4.69) is 0 Å². The molecule has 2 aliphatic heterocycles. The lowest BCUT2D eigenvalue weighted by molar-refractivity contribution is -0.129. The van der Waals surface area contributed by atoms with Gasteiger partial charge in [0, 0.05) is 31.6 Å². The summed E-state index contributed by atoms with van der Waals surface area (Å²) in [5.41, 5.74) is 3.05. The van der Waals surface area contributed by atoms with Gasteiger partial charge in [-0.1, -0.05) is 11.6 Å². The Morgan fingerprint density at radius 2 is 2.10 bits per heavy atom. The molecule has 0 aliphatic carbocycles. The summed E-state index contributed by atoms with van der Waals surface area (Å²) in [5, 5.41) is 9.93. The average Bonchev–Trinajstić information content (AvgIpc) is 3.03. The summed E-state index contributed by atoms with van der Waals surface area (Å²) < 4.78 is 0. The van der Waals surface area contributed by atoms with Gasteiger partial charge in [-0.15, -0.1) is 0 Å². The molecule has 21 heavy (non-hydrogen) atoms. The standard InChI is InChI=1S/C15H17ClN2O3/c1-9(19)17-7-10-5-11(16)6-12(13(10)8-17)14-3-2-4-18(14)15(20)21/h5-6,14H,2-4,7-8H2,1H3,(H,20,21). The third-order valence-corrected chi connectivity index (χ3v) is 4.57. The van der Waals surface area contributed by atoms with Crippen molar-refractivity contribution in [3.05, 3.63) is 33.8 Å². The summed E-state index contributed by atoms with van der Waals surface area (Å²) in [6.45, 7) is 3.20. The molecule has 3 rings (SSSR count). The van der Waals surface area contributed by atoms with Gasteiger partial charge in [0.05, 0.1) is 6.04 Å². The van der Waals surface area contributed by atoms with E-state index < -0.39 is 6.09 Å². The van der Waals surface area contributed by atoms with Crippen LogP contribution in [-0.4, -0.2) is 33.5 Å². The quantitative estimate of drug-likeness (QED) is 0.867. The maximum Gasteiger partial charge on any atom is 0.407 e. The predicted octanol–water partition coefficient (Wildman–Crippen LogP) is 3.02. The normalized spacial score (nSPS) is 20.8. The van der Waals surface area contributed by atoms with Gasteiger partial charge in [0.2, 0.25) is 5.91 Å². The van der Waals surface area contributed by atoms with Crippen molar-refractivity contribution in [2.24, 2.45) is 0 Å². The lowest BCUT2D eigenvalue weighted by atomic mass is 9.96. The Bertz CT molecular complexity index is 617. The summed E-state index contributed by atoms with van der Waals surface area (Å²) in [6, 6.07) is 3.58. The number of carbonyl (C=O) groups is 2. The number of benzene rings is 1. The van der Waals surface area contributed by atoms with E-state index in [1.807, 2.05) is 12.1 Å². The molecular weight excluding hydrogens is 292 g/mol. The Kier molecular flexibility index (Phi) is 3.53. The Balaban J connectivity index is 2.01. The molecule has 1 saturated heterocycles. The largest absolute Gasteiger partial charge is 0.465 e. The summed E-state index contributed by atoms with van der Waals surface area (Å²) in [4.78, 5) is 26.2. The lowest BCUT2D eigenvalue weighted by Crippen LogP contribution is -2.29. The fraction of sp³-hybridized carbons (Fsp3) is 0.467. The van der Waals surface area contributed by atoms with Crippen LogP contribution in [0.3, 0.4) is 0 Å². The highest BCUT2D eigenvalue weighted by atomic mass is 35.5. The van der Waals surface area contributed by atoms with E-state index in [0.717, 1.165) is 29.5 Å². The van der Waals surface area contributed by atoms with Crippen molar-refractivity contribution in [3.8, 4) is 0 Å². The average molecular weight is 309 g/mol. The molecule has 0 saturated carbocycles. The van der Waals surface area contributed by atoms with E-state index in [0.29, 0.717) is 24.7 Å². The smallest absolute Gasteiger partial charge is 0.407 e. The number of likely N-dealkylation sites (tertiary alicyclic amines) is 1. The number of carbonyl (C=O) groups excluding carboxylic acids is 1. The maximum absolute atomic E-state index is 11.6. The summed E-state index contributed by atoms with van der Waals surface area (Å²) >= 11 is 6.19. The number of amides is 2. The van der Waals surface area contributed by atoms with Gasteiger partial charge in [0.1, 0.15) is 0 Å². The minimum absolute atomic E-state index is 0.0229. The first-order valence-electron chi connectivity index (χ1n) is 7.03. The van der Waals surface area contributed by atoms with Gasteiger partial charge in [-0.3, -0.25) is 4.79 Å². The number of halogens is 1. The van der Waals surface area contributed by atoms with Crippen LogP contribution in [0.4, 0.5) is 4.79 Å². The first-order valence-corrected chi connectivity index (χ1v) is 7.41. The molecule has 0 radical (unpaired) electrons. The minimum Gasteiger partial charge on any atom is -0.465 e. The summed E-state index contributed by atoms with van der Waals surface area (Å²) in [7, 11) is 0. The van der Waals surface area contributed by atoms with Crippen LogP contribution >= 0.6 is 11.6 Å². The molecule has 5 nitrogen and oxygen atoms in total. The molecule has 0 bridgehead atoms. The minimum atomic E-state index is -0.896. The number of nitrogens with zero attached hydrogens (tertiary/aromatic N) is 2. The number of fused-ring (bicyclic) bond motifs is 1. The molecule has 1 unspecified atom stereocenters. The Morgan fingerprint density at radius 1 is 1.33 bits per heavy atom. The molecule has 112 valence electrons. The third-order valence-electron chi connectivity index (χ3n) is 4.35. The molecule has 2 amide bonds. The van der Waals surface area contributed by atoms with E-state index in [1.165, 1.54) is 4.90 Å². The van der Waals surface area contributed by atoms with E-state index in [-0.39, 0.29) is 11.9 Å². The van der Waals surface area contributed by atoms with Crippen molar-refractivity contribution in [2.75, 3.05) is 6.54 Å². The van der Waals surface area contributed by atoms with Gasteiger partial charge in [-0.2, -0.15) is 0 Å². The van der Waals surface area contributed by atoms with Crippen molar-refractivity contribution in [2.45, 2.75) is 38.9 Å². The van der Waals surface area contributed by atoms with Crippen LogP contribution in [0.5, 0.6) is 0 Å². The highest BCUT2D eigenvalue weighted by molar-refractivity contribution is 6.30. The van der Waals surface area contributed by atoms with Crippen LogP contribution < -0.4 is 0 Å². The van der Waals surface area contributed by atoms with E-state index >= 15 is 0 Å². The fourth-order valence-electron chi connectivity index (χ4n) is 3.34. The van der Waals surface area contributed by atoms with Crippen molar-refractivity contribution in [3.63, 3.8) is 0 Å². The number of hydrogen-bond acceptors (Lipinski definition) is 2. The first kappa shape index (κ1) is 14.2. The summed E-state index contributed by atoms with van der Waals surface area (Å²) in [5.74, 6) is 0.0229. The molecule has 6 heteroatoms. The van der Waals surface area contributed by atoms with Crippen LogP contribution in [0.25, 0.3) is 0 Å². The van der Waals surface area contributed by atoms with Crippen LogP contribution in [0.15, 0.2) is 12.1 Å². The highest BCUT2D eigenvalue weighted by Crippen LogP contribution is 2.39.